The van der Waals surface area contributed by atoms with Crippen molar-refractivity contribution in [2.75, 3.05) is 44.5 Å². The van der Waals surface area contributed by atoms with E-state index in [9.17, 15) is 24.1 Å². The van der Waals surface area contributed by atoms with Crippen LogP contribution in [0.2, 0.25) is 0 Å². The zero-order valence-corrected chi connectivity index (χ0v) is 34.0. The maximum absolute atomic E-state index is 13.8. The van der Waals surface area contributed by atoms with Gasteiger partial charge >= 0.3 is 19.6 Å². The second-order valence-corrected chi connectivity index (χ2v) is 17.0. The molecule has 3 aromatic carbocycles. The van der Waals surface area contributed by atoms with Gasteiger partial charge in [-0.2, -0.15) is 4.98 Å². The maximum atomic E-state index is 13.8. The number of anilines is 1. The van der Waals surface area contributed by atoms with Gasteiger partial charge < -0.3 is 30.0 Å². The van der Waals surface area contributed by atoms with Crippen LogP contribution in [0.15, 0.2) is 102 Å². The fraction of sp³-hybridized carbons (Fsp3) is 0.400. The number of fused-ring (bicyclic) bond motifs is 1. The van der Waals surface area contributed by atoms with E-state index < -0.39 is 54.6 Å². The first-order valence-corrected chi connectivity index (χ1v) is 20.8. The number of hydrogen-bond donors (Lipinski definition) is 3. The Morgan fingerprint density at radius 1 is 1.02 bits per heavy atom. The van der Waals surface area contributed by atoms with Crippen molar-refractivity contribution in [2.45, 2.75) is 57.3 Å². The SMILES string of the molecule is CCOC(=O)NCC(C)(C)C(=O)SCCOP1(=O)OC[C@H]2O[C@@H](n3ccc(NC(c4ccccc4)(c4ccccc4)c4ccc(OC)cc4)nc3=O)[C@](C)(O)[C@@H]2O1. The number of carbonyl (C=O) groups excluding carboxylic acids is 2. The lowest BCUT2D eigenvalue weighted by Crippen LogP contribution is -2.49. The maximum Gasteiger partial charge on any atom is 0.475 e. The van der Waals surface area contributed by atoms with Gasteiger partial charge in [-0.1, -0.05) is 98.4 Å². The second kappa shape index (κ2) is 17.5. The van der Waals surface area contributed by atoms with Crippen LogP contribution < -0.4 is 21.1 Å². The highest BCUT2D eigenvalue weighted by Crippen LogP contribution is 2.58. The highest BCUT2D eigenvalue weighted by atomic mass is 32.2. The highest BCUT2D eigenvalue weighted by Gasteiger charge is 2.60. The predicted octanol–water partition coefficient (Wildman–Crippen LogP) is 5.88. The van der Waals surface area contributed by atoms with Crippen LogP contribution in [0.4, 0.5) is 10.6 Å². The summed E-state index contributed by atoms with van der Waals surface area (Å²) in [5.74, 6) is 1.05. The van der Waals surface area contributed by atoms with Gasteiger partial charge in [-0.15, -0.1) is 0 Å². The van der Waals surface area contributed by atoms with Crippen molar-refractivity contribution < 1.29 is 47.0 Å². The molecule has 304 valence electrons. The number of phosphoric ester groups is 1. The number of ether oxygens (including phenoxy) is 3. The van der Waals surface area contributed by atoms with E-state index in [1.165, 1.54) is 13.1 Å². The highest BCUT2D eigenvalue weighted by molar-refractivity contribution is 8.13. The van der Waals surface area contributed by atoms with Crippen molar-refractivity contribution in [3.05, 3.63) is 124 Å². The number of rotatable bonds is 15. The number of alkyl carbamates (subject to hydrolysis) is 1. The van der Waals surface area contributed by atoms with Crippen LogP contribution in [0.5, 0.6) is 5.75 Å². The molecule has 1 amide bonds. The molecule has 6 rings (SSSR count). The van der Waals surface area contributed by atoms with Crippen LogP contribution in [0.25, 0.3) is 0 Å². The molecule has 1 unspecified atom stereocenters. The van der Waals surface area contributed by atoms with Crippen LogP contribution >= 0.6 is 19.6 Å². The third-order valence-electron chi connectivity index (χ3n) is 9.76. The van der Waals surface area contributed by atoms with Crippen LogP contribution in [-0.4, -0.2) is 82.9 Å². The van der Waals surface area contributed by atoms with Crippen molar-refractivity contribution in [1.29, 1.82) is 0 Å². The summed E-state index contributed by atoms with van der Waals surface area (Å²) in [5, 5.41) is 17.7. The number of methoxy groups -OCH3 is 1. The molecule has 1 aromatic heterocycles. The monoisotopic (exact) mass is 822 g/mol. The number of aliphatic hydroxyl groups is 1. The lowest BCUT2D eigenvalue weighted by atomic mass is 9.77. The lowest BCUT2D eigenvalue weighted by Gasteiger charge is -2.37. The largest absolute Gasteiger partial charge is 0.497 e. The molecule has 0 saturated carbocycles. The predicted molar refractivity (Wildman–Crippen MR) is 213 cm³/mol. The molecule has 3 N–H and O–H groups in total. The summed E-state index contributed by atoms with van der Waals surface area (Å²) >= 11 is 0.938. The molecule has 2 saturated heterocycles. The smallest absolute Gasteiger partial charge is 0.475 e. The Balaban J connectivity index is 1.17. The molecule has 57 heavy (non-hydrogen) atoms. The van der Waals surface area contributed by atoms with E-state index in [-0.39, 0.29) is 43.1 Å². The van der Waals surface area contributed by atoms with E-state index in [0.29, 0.717) is 5.75 Å². The number of amides is 1. The van der Waals surface area contributed by atoms with E-state index in [1.54, 1.807) is 33.9 Å². The molecular formula is C40H47N4O11PS. The fourth-order valence-corrected chi connectivity index (χ4v) is 9.16. The summed E-state index contributed by atoms with van der Waals surface area (Å²) in [6.07, 6.45) is -2.54. The van der Waals surface area contributed by atoms with Gasteiger partial charge in [0.2, 0.25) is 0 Å². The second-order valence-electron chi connectivity index (χ2n) is 14.3. The lowest BCUT2D eigenvalue weighted by molar-refractivity contribution is -0.117. The van der Waals surface area contributed by atoms with Gasteiger partial charge in [-0.3, -0.25) is 22.9 Å². The Bertz CT molecular complexity index is 2080. The minimum Gasteiger partial charge on any atom is -0.497 e. The van der Waals surface area contributed by atoms with Crippen LogP contribution in [0, 0.1) is 5.41 Å². The number of aromatic nitrogens is 2. The zero-order chi connectivity index (χ0) is 40.8. The van der Waals surface area contributed by atoms with Crippen molar-refractivity contribution >= 4 is 36.6 Å². The van der Waals surface area contributed by atoms with Gasteiger partial charge in [0.25, 0.3) is 0 Å². The molecule has 2 aliphatic rings. The molecule has 17 heteroatoms. The van der Waals surface area contributed by atoms with Gasteiger partial charge in [0, 0.05) is 18.5 Å². The Labute approximate surface area is 335 Å². The van der Waals surface area contributed by atoms with E-state index >= 15 is 0 Å². The molecule has 3 heterocycles. The van der Waals surface area contributed by atoms with Crippen LogP contribution in [0.3, 0.4) is 0 Å². The summed E-state index contributed by atoms with van der Waals surface area (Å²) < 4.78 is 47.8. The first kappa shape index (κ1) is 42.1. The summed E-state index contributed by atoms with van der Waals surface area (Å²) in [4.78, 5) is 42.7. The van der Waals surface area contributed by atoms with Crippen molar-refractivity contribution in [2.24, 2.45) is 5.41 Å². The number of phosphoric acid groups is 1. The van der Waals surface area contributed by atoms with Gasteiger partial charge in [0.15, 0.2) is 11.3 Å². The Morgan fingerprint density at radius 2 is 1.65 bits per heavy atom. The molecule has 2 fully saturated rings. The normalized spacial score (nSPS) is 23.3. The Kier molecular flexibility index (Phi) is 12.9. The first-order chi connectivity index (χ1) is 27.2. The Hall–Kier alpha value is -4.54. The average molecular weight is 823 g/mol. The summed E-state index contributed by atoms with van der Waals surface area (Å²) in [5.41, 5.74) is -1.88. The van der Waals surface area contributed by atoms with Crippen molar-refractivity contribution in [1.82, 2.24) is 14.9 Å². The van der Waals surface area contributed by atoms with E-state index in [1.807, 2.05) is 84.9 Å². The minimum atomic E-state index is -4.21. The van der Waals surface area contributed by atoms with Crippen LogP contribution in [-0.2, 0) is 37.9 Å². The summed E-state index contributed by atoms with van der Waals surface area (Å²) in [6, 6.07) is 28.9. The molecule has 5 atom stereocenters. The Morgan fingerprint density at radius 3 is 2.25 bits per heavy atom. The summed E-state index contributed by atoms with van der Waals surface area (Å²) in [7, 11) is -2.61. The third kappa shape index (κ3) is 9.12. The number of nitrogens with zero attached hydrogens (tertiary/aromatic N) is 2. The molecule has 0 bridgehead atoms. The quantitative estimate of drug-likeness (QED) is 0.0734. The van der Waals surface area contributed by atoms with E-state index in [4.69, 9.17) is 27.8 Å². The first-order valence-electron chi connectivity index (χ1n) is 18.4. The molecule has 0 radical (unpaired) electrons. The van der Waals surface area contributed by atoms with Crippen LogP contribution in [0.1, 0.15) is 50.6 Å². The van der Waals surface area contributed by atoms with Gasteiger partial charge in [0.05, 0.1) is 32.3 Å². The van der Waals surface area contributed by atoms with Gasteiger partial charge in [-0.05, 0) is 48.7 Å². The number of nitrogens with one attached hydrogen (secondary N) is 2. The fourth-order valence-electron chi connectivity index (χ4n) is 6.75. The molecule has 15 nitrogen and oxygen atoms in total. The zero-order valence-electron chi connectivity index (χ0n) is 32.3. The molecule has 2 aliphatic heterocycles. The molecule has 4 aromatic rings. The summed E-state index contributed by atoms with van der Waals surface area (Å²) in [6.45, 7) is 6.29. The number of benzene rings is 3. The van der Waals surface area contributed by atoms with Gasteiger partial charge in [0.1, 0.15) is 34.9 Å². The third-order valence-corrected chi connectivity index (χ3v) is 12.4. The minimum absolute atomic E-state index is 0.0618. The number of hydrogen-bond acceptors (Lipinski definition) is 14. The van der Waals surface area contributed by atoms with Crippen molar-refractivity contribution in [3.8, 4) is 5.75 Å². The standard InChI is InChI=1S/C40H47N4O11PS/c1-6-51-37(47)41-26-38(2,3)35(45)57-24-23-52-56(49)53-25-31-33(55-56)39(4,48)34(54-31)44-22-21-32(42-36(44)46)43-40(27-13-9-7-10-14-27,28-15-11-8-12-16-28)29-17-19-30(50-5)20-18-29/h7-22,31,33-34,48H,6,23-26H2,1-5H3,(H,41,47)(H,42,43,46)/t31-,33-,34-,39-,56?/m1/s1. The average Bonchev–Trinajstić information content (AvgIpc) is 3.47. The number of thioether (sulfide) groups is 1. The van der Waals surface area contributed by atoms with Gasteiger partial charge in [-0.25, -0.2) is 14.2 Å². The molecule has 0 aliphatic carbocycles. The van der Waals surface area contributed by atoms with E-state index in [0.717, 1.165) is 33.0 Å². The number of carbonyl (C=O) groups is 2. The van der Waals surface area contributed by atoms with E-state index in [2.05, 4.69) is 15.6 Å². The molecular weight excluding hydrogens is 775 g/mol. The molecule has 0 spiro atoms. The van der Waals surface area contributed by atoms with Crippen molar-refractivity contribution in [3.63, 3.8) is 0 Å². The topological polar surface area (TPSA) is 186 Å².